The molecular formula is C12H22O2. The van der Waals surface area contributed by atoms with Crippen molar-refractivity contribution >= 4 is 0 Å². The summed E-state index contributed by atoms with van der Waals surface area (Å²) in [6.45, 7) is 1.19. The SMILES string of the molecule is OCC1CCOC1C1CCCCCC1. The minimum Gasteiger partial charge on any atom is -0.396 e. The molecule has 82 valence electrons. The molecule has 2 atom stereocenters. The molecule has 2 rings (SSSR count). The van der Waals surface area contributed by atoms with Crippen molar-refractivity contribution in [3.05, 3.63) is 0 Å². The van der Waals surface area contributed by atoms with Crippen LogP contribution in [0.15, 0.2) is 0 Å². The van der Waals surface area contributed by atoms with E-state index in [-0.39, 0.29) is 0 Å². The van der Waals surface area contributed by atoms with E-state index in [0.717, 1.165) is 18.9 Å². The Labute approximate surface area is 86.6 Å². The molecule has 1 N–H and O–H groups in total. The van der Waals surface area contributed by atoms with E-state index in [2.05, 4.69) is 0 Å². The van der Waals surface area contributed by atoms with Crippen molar-refractivity contribution in [1.29, 1.82) is 0 Å². The van der Waals surface area contributed by atoms with Gasteiger partial charge in [0.15, 0.2) is 0 Å². The molecule has 1 saturated heterocycles. The minimum absolute atomic E-state index is 0.321. The lowest BCUT2D eigenvalue weighted by atomic mass is 9.86. The smallest absolute Gasteiger partial charge is 0.0654 e. The summed E-state index contributed by atoms with van der Waals surface area (Å²) < 4.78 is 5.79. The number of rotatable bonds is 2. The van der Waals surface area contributed by atoms with E-state index in [9.17, 15) is 5.11 Å². The zero-order valence-corrected chi connectivity index (χ0v) is 8.95. The maximum atomic E-state index is 9.26. The first kappa shape index (κ1) is 10.4. The molecule has 2 heteroatoms. The molecule has 1 aliphatic heterocycles. The molecule has 2 fully saturated rings. The lowest BCUT2D eigenvalue weighted by Crippen LogP contribution is -2.28. The van der Waals surface area contributed by atoms with Gasteiger partial charge in [0.25, 0.3) is 0 Å². The summed E-state index contributed by atoms with van der Waals surface area (Å²) in [5.41, 5.74) is 0. The summed E-state index contributed by atoms with van der Waals surface area (Å²) in [6.07, 6.45) is 9.60. The van der Waals surface area contributed by atoms with E-state index >= 15 is 0 Å². The molecular weight excluding hydrogens is 176 g/mol. The Bertz CT molecular complexity index is 162. The first-order valence-corrected chi connectivity index (χ1v) is 6.14. The van der Waals surface area contributed by atoms with Crippen LogP contribution in [0.2, 0.25) is 0 Å². The van der Waals surface area contributed by atoms with Gasteiger partial charge in [-0.3, -0.25) is 0 Å². The summed E-state index contributed by atoms with van der Waals surface area (Å²) in [6, 6.07) is 0. The molecule has 0 aromatic carbocycles. The summed E-state index contributed by atoms with van der Waals surface area (Å²) in [7, 11) is 0. The number of aliphatic hydroxyl groups excluding tert-OH is 1. The molecule has 0 bridgehead atoms. The van der Waals surface area contributed by atoms with E-state index in [1.54, 1.807) is 0 Å². The molecule has 1 heterocycles. The predicted octanol–water partition coefficient (Wildman–Crippen LogP) is 2.35. The highest BCUT2D eigenvalue weighted by molar-refractivity contribution is 4.83. The van der Waals surface area contributed by atoms with Gasteiger partial charge in [0.1, 0.15) is 0 Å². The van der Waals surface area contributed by atoms with Crippen LogP contribution in [0.1, 0.15) is 44.9 Å². The van der Waals surface area contributed by atoms with Crippen LogP contribution >= 0.6 is 0 Å². The average molecular weight is 198 g/mol. The van der Waals surface area contributed by atoms with E-state index in [1.165, 1.54) is 38.5 Å². The molecule has 2 unspecified atom stereocenters. The minimum atomic E-state index is 0.321. The number of hydrogen-bond donors (Lipinski definition) is 1. The van der Waals surface area contributed by atoms with Gasteiger partial charge in [-0.25, -0.2) is 0 Å². The fourth-order valence-electron chi connectivity index (χ4n) is 3.01. The van der Waals surface area contributed by atoms with Gasteiger partial charge < -0.3 is 9.84 Å². The summed E-state index contributed by atoms with van der Waals surface area (Å²) in [5, 5.41) is 9.26. The van der Waals surface area contributed by atoms with Gasteiger partial charge in [-0.1, -0.05) is 25.7 Å². The topological polar surface area (TPSA) is 29.5 Å². The molecule has 0 amide bonds. The van der Waals surface area contributed by atoms with Gasteiger partial charge >= 0.3 is 0 Å². The third kappa shape index (κ3) is 2.29. The Morgan fingerprint density at radius 2 is 1.71 bits per heavy atom. The first-order chi connectivity index (χ1) is 6.92. The third-order valence-corrected chi connectivity index (χ3v) is 3.86. The van der Waals surface area contributed by atoms with Crippen LogP contribution in [-0.2, 0) is 4.74 Å². The quantitative estimate of drug-likeness (QED) is 0.690. The van der Waals surface area contributed by atoms with Gasteiger partial charge in [0, 0.05) is 19.1 Å². The summed E-state index contributed by atoms with van der Waals surface area (Å²) in [5.74, 6) is 1.16. The number of aliphatic hydroxyl groups is 1. The van der Waals surface area contributed by atoms with Gasteiger partial charge in [0.2, 0.25) is 0 Å². The second-order valence-corrected chi connectivity index (χ2v) is 4.82. The second kappa shape index (κ2) is 5.13. The van der Waals surface area contributed by atoms with E-state index in [1.807, 2.05) is 0 Å². The Balaban J connectivity index is 1.91. The maximum absolute atomic E-state index is 9.26. The van der Waals surface area contributed by atoms with Gasteiger partial charge in [-0.15, -0.1) is 0 Å². The zero-order valence-electron chi connectivity index (χ0n) is 8.95. The van der Waals surface area contributed by atoms with Crippen LogP contribution in [-0.4, -0.2) is 24.4 Å². The van der Waals surface area contributed by atoms with Crippen LogP contribution in [0, 0.1) is 11.8 Å². The Morgan fingerprint density at radius 3 is 2.36 bits per heavy atom. The average Bonchev–Trinajstić information content (AvgIpc) is 2.52. The highest BCUT2D eigenvalue weighted by Crippen LogP contribution is 2.34. The molecule has 1 aliphatic carbocycles. The first-order valence-electron chi connectivity index (χ1n) is 6.14. The zero-order chi connectivity index (χ0) is 9.80. The van der Waals surface area contributed by atoms with Crippen LogP contribution in [0.4, 0.5) is 0 Å². The number of ether oxygens (including phenoxy) is 1. The largest absolute Gasteiger partial charge is 0.396 e. The normalized spacial score (nSPS) is 35.8. The van der Waals surface area contributed by atoms with Crippen molar-refractivity contribution in [3.63, 3.8) is 0 Å². The van der Waals surface area contributed by atoms with Crippen LogP contribution < -0.4 is 0 Å². The molecule has 0 radical (unpaired) electrons. The highest BCUT2D eigenvalue weighted by Gasteiger charge is 2.34. The van der Waals surface area contributed by atoms with E-state index in [4.69, 9.17) is 4.74 Å². The predicted molar refractivity (Wildman–Crippen MR) is 56.1 cm³/mol. The van der Waals surface area contributed by atoms with Gasteiger partial charge in [-0.2, -0.15) is 0 Å². The van der Waals surface area contributed by atoms with Crippen molar-refractivity contribution in [2.45, 2.75) is 51.0 Å². The fraction of sp³-hybridized carbons (Fsp3) is 1.00. The van der Waals surface area contributed by atoms with Gasteiger partial charge in [-0.05, 0) is 25.2 Å². The van der Waals surface area contributed by atoms with E-state index in [0.29, 0.717) is 18.6 Å². The summed E-state index contributed by atoms with van der Waals surface area (Å²) >= 11 is 0. The van der Waals surface area contributed by atoms with Crippen molar-refractivity contribution in [2.24, 2.45) is 11.8 Å². The molecule has 14 heavy (non-hydrogen) atoms. The molecule has 1 saturated carbocycles. The molecule has 0 spiro atoms. The van der Waals surface area contributed by atoms with E-state index < -0.39 is 0 Å². The monoisotopic (exact) mass is 198 g/mol. The fourth-order valence-corrected chi connectivity index (χ4v) is 3.01. The molecule has 0 aromatic rings. The van der Waals surface area contributed by atoms with Crippen molar-refractivity contribution < 1.29 is 9.84 Å². The summed E-state index contributed by atoms with van der Waals surface area (Å²) in [4.78, 5) is 0. The van der Waals surface area contributed by atoms with Crippen LogP contribution in [0.25, 0.3) is 0 Å². The van der Waals surface area contributed by atoms with Crippen LogP contribution in [0.5, 0.6) is 0 Å². The van der Waals surface area contributed by atoms with Crippen molar-refractivity contribution in [3.8, 4) is 0 Å². The molecule has 0 aromatic heterocycles. The third-order valence-electron chi connectivity index (χ3n) is 3.86. The van der Waals surface area contributed by atoms with Crippen molar-refractivity contribution in [1.82, 2.24) is 0 Å². The Kier molecular flexibility index (Phi) is 3.82. The Hall–Kier alpha value is -0.0800. The number of hydrogen-bond acceptors (Lipinski definition) is 2. The van der Waals surface area contributed by atoms with Crippen LogP contribution in [0.3, 0.4) is 0 Å². The second-order valence-electron chi connectivity index (χ2n) is 4.82. The maximum Gasteiger partial charge on any atom is 0.0654 e. The lowest BCUT2D eigenvalue weighted by molar-refractivity contribution is 0.0217. The molecule has 2 aliphatic rings. The lowest BCUT2D eigenvalue weighted by Gasteiger charge is -2.25. The Morgan fingerprint density at radius 1 is 1.00 bits per heavy atom. The molecule has 2 nitrogen and oxygen atoms in total. The van der Waals surface area contributed by atoms with Gasteiger partial charge in [0.05, 0.1) is 6.10 Å². The van der Waals surface area contributed by atoms with Crippen molar-refractivity contribution in [2.75, 3.05) is 13.2 Å². The standard InChI is InChI=1S/C12H22O2/c13-9-11-7-8-14-12(11)10-5-3-1-2-4-6-10/h10-13H,1-9H2. The highest BCUT2D eigenvalue weighted by atomic mass is 16.5.